The Labute approximate surface area is 768 Å². The molecule has 50 heteroatoms. The maximum atomic E-state index is 13.7. The third kappa shape index (κ3) is 37.6. The molecule has 3 fully saturated rings. The van der Waals surface area contributed by atoms with E-state index in [2.05, 4.69) is 46.7 Å². The first kappa shape index (κ1) is 112. The number of hydrogen-bond donors (Lipinski definition) is 6. The normalized spacial score (nSPS) is 19.3. The average Bonchev–Trinajstić information content (AvgIpc) is 1.03. The van der Waals surface area contributed by atoms with Gasteiger partial charge in [-0.15, -0.1) is 24.0 Å². The Kier molecular flexibility index (Phi) is 44.4. The predicted molar refractivity (Wildman–Crippen MR) is 404 cm³/mol. The van der Waals surface area contributed by atoms with Crippen molar-refractivity contribution in [2.45, 2.75) is 153 Å². The molecule has 10 rings (SSSR count). The molecular formula is C77H82Cl2F22N11Na2O13+. The van der Waals surface area contributed by atoms with E-state index in [-0.39, 0.29) is 189 Å². The van der Waals surface area contributed by atoms with Crippen LogP contribution >= 0.6 is 24.0 Å². The van der Waals surface area contributed by atoms with E-state index in [1.165, 1.54) is 100 Å². The number of hydrazone groups is 3. The topological polar surface area (TPSA) is 295 Å². The van der Waals surface area contributed by atoms with Gasteiger partial charge in [0.1, 0.15) is 34.7 Å². The summed E-state index contributed by atoms with van der Waals surface area (Å²) in [5, 5.41) is 14.3. The van der Waals surface area contributed by atoms with E-state index in [4.69, 9.17) is 57.6 Å². The summed E-state index contributed by atoms with van der Waals surface area (Å²) in [6.45, 7) is 11.5. The molecule has 3 amide bonds. The van der Waals surface area contributed by atoms with Gasteiger partial charge in [-0.2, -0.15) is 94.3 Å². The van der Waals surface area contributed by atoms with Crippen molar-refractivity contribution in [1.82, 2.24) is 31.4 Å². The Hall–Kier alpha value is -7.75. The maximum absolute atomic E-state index is 13.7. The molecule has 127 heavy (non-hydrogen) atoms. The van der Waals surface area contributed by atoms with Crippen LogP contribution in [0.25, 0.3) is 0 Å². The molecule has 0 radical (unpaired) electrons. The van der Waals surface area contributed by atoms with Crippen LogP contribution in [0.4, 0.5) is 101 Å². The Morgan fingerprint density at radius 2 is 0.937 bits per heavy atom. The zero-order valence-corrected chi connectivity index (χ0v) is 73.8. The van der Waals surface area contributed by atoms with Crippen molar-refractivity contribution in [3.05, 3.63) is 218 Å². The van der Waals surface area contributed by atoms with Gasteiger partial charge in [0.15, 0.2) is 20.2 Å². The van der Waals surface area contributed by atoms with E-state index in [0.717, 1.165) is 0 Å². The number of amidine groups is 2. The van der Waals surface area contributed by atoms with E-state index in [1.807, 2.05) is 4.90 Å². The number of rotatable bonds is 21. The Balaban J connectivity index is 0.000000453. The molecule has 4 aliphatic heterocycles. The zero-order valence-electron chi connectivity index (χ0n) is 69.3. The molecule has 6 aromatic carbocycles. The summed E-state index contributed by atoms with van der Waals surface area (Å²) in [7, 11) is 0. The Morgan fingerprint density at radius 1 is 0.583 bits per heavy atom. The van der Waals surface area contributed by atoms with Crippen LogP contribution in [-0.2, 0) is 94.4 Å². The third-order valence-corrected chi connectivity index (χ3v) is 17.6. The van der Waals surface area contributed by atoms with Crippen LogP contribution < -0.4 is 92.2 Å². The average molecular weight is 1910 g/mol. The molecule has 8 N–H and O–H groups in total. The van der Waals surface area contributed by atoms with Crippen molar-refractivity contribution in [2.75, 3.05) is 58.4 Å². The van der Waals surface area contributed by atoms with Gasteiger partial charge in [-0.3, -0.25) is 24.2 Å². The van der Waals surface area contributed by atoms with Crippen molar-refractivity contribution in [3.8, 4) is 0 Å². The number of carbonyl (C=O) groups is 4. The summed E-state index contributed by atoms with van der Waals surface area (Å²) in [4.78, 5) is 53.1. The fourth-order valence-corrected chi connectivity index (χ4v) is 11.8. The van der Waals surface area contributed by atoms with E-state index in [9.17, 15) is 116 Å². The predicted octanol–water partition coefficient (Wildman–Crippen LogP) is 11.2. The number of nitrogens with one attached hydrogen (secondary N) is 4. The summed E-state index contributed by atoms with van der Waals surface area (Å²) in [5.74, 6) is -1.78. The first-order valence-electron chi connectivity index (χ1n) is 36.8. The van der Waals surface area contributed by atoms with Crippen molar-refractivity contribution < 1.29 is 219 Å². The molecule has 24 nitrogen and oxygen atoms in total. The molecule has 9 atom stereocenters. The van der Waals surface area contributed by atoms with Crippen LogP contribution in [0.15, 0.2) is 143 Å². The summed E-state index contributed by atoms with van der Waals surface area (Å²) in [5.41, 5.74) is 9.44. The molecular weight excluding hydrogens is 1820 g/mol. The molecule has 4 aliphatic rings. The Morgan fingerprint density at radius 3 is 1.27 bits per heavy atom. The molecule has 3 saturated heterocycles. The zero-order chi connectivity index (χ0) is 93.5. The summed E-state index contributed by atoms with van der Waals surface area (Å²) in [6.07, 6.45) is -39.2. The minimum atomic E-state index is -5.03. The second-order valence-corrected chi connectivity index (χ2v) is 28.1. The van der Waals surface area contributed by atoms with Gasteiger partial charge in [0.25, 0.3) is 0 Å². The van der Waals surface area contributed by atoms with Gasteiger partial charge < -0.3 is 64.1 Å². The van der Waals surface area contributed by atoms with Gasteiger partial charge in [-0.05, 0) is 173 Å². The molecule has 0 aromatic heterocycles. The van der Waals surface area contributed by atoms with Crippen LogP contribution in [0.5, 0.6) is 0 Å². The van der Waals surface area contributed by atoms with Gasteiger partial charge in [0.2, 0.25) is 11.8 Å². The second kappa shape index (κ2) is 50.6. The van der Waals surface area contributed by atoms with Crippen LogP contribution in [0.3, 0.4) is 0 Å². The fraction of sp³-hybridized carbons (Fsp3) is 0.429. The number of benzene rings is 6. The number of alkyl halides is 19. The largest absolute Gasteiger partial charge is 1.00 e. The molecule has 0 bridgehead atoms. The maximum Gasteiger partial charge on any atom is 1.00 e. The first-order valence-corrected chi connectivity index (χ1v) is 36.8. The SMILES string of the molecule is CC(=O)N/N=C(\N)CCl.C[C@@H](O[C@H]1OCCN(C/C(N)=N/NC(=O)OC(C)(C)C)[C@H]1c1ccc(F)cc1)c1cc(C(F)(F)F)cc(C(F)(F)F)c1.C[C@@H](O[C@H]1OCCN(CC2=NNC(=O)C2)[C@H]1c1ccc(F)cc1)c1cc(C(F)(F)F)cc(C(F)(F)F)c1.C[C@@H](O[C@H]1OCCNC1c1ccc(F)cc1)c1cc(C(F)(F)F)cc(C(F)(F)F)c1.Cl.[2H]C(=O)OO[CH-]F.[Na+].[Na+]. The number of hydrogen-bond acceptors (Lipinski definition) is 19. The van der Waals surface area contributed by atoms with Crippen molar-refractivity contribution >= 4 is 65.7 Å². The van der Waals surface area contributed by atoms with Gasteiger partial charge in [-0.1, -0.05) is 36.4 Å². The van der Waals surface area contributed by atoms with Crippen molar-refractivity contribution in [1.29, 1.82) is 0 Å². The minimum absolute atomic E-state index is 0. The number of nitrogens with zero attached hydrogens (tertiary/aromatic N) is 5. The smallest absolute Gasteiger partial charge is 0.443 e. The molecule has 1 unspecified atom stereocenters. The number of amides is 3. The van der Waals surface area contributed by atoms with E-state index < -0.39 is 161 Å². The van der Waals surface area contributed by atoms with Gasteiger partial charge in [0, 0.05) is 33.1 Å². The van der Waals surface area contributed by atoms with Crippen molar-refractivity contribution in [3.63, 3.8) is 0 Å². The fourth-order valence-electron chi connectivity index (χ4n) is 11.8. The quantitative estimate of drug-likeness (QED) is 0.00449. The van der Waals surface area contributed by atoms with Gasteiger partial charge in [-0.25, -0.2) is 34.2 Å². The number of carbonyl (C=O) groups excluding carboxylic acids is 4. The van der Waals surface area contributed by atoms with Gasteiger partial charge >= 0.3 is 109 Å². The summed E-state index contributed by atoms with van der Waals surface area (Å²) < 4.78 is 336. The van der Waals surface area contributed by atoms with Gasteiger partial charge in [0.05, 0.1) is 114 Å². The van der Waals surface area contributed by atoms with Crippen LogP contribution in [0.2, 0.25) is 0 Å². The van der Waals surface area contributed by atoms with Crippen molar-refractivity contribution in [2.24, 2.45) is 26.8 Å². The van der Waals surface area contributed by atoms with E-state index in [0.29, 0.717) is 71.9 Å². The minimum Gasteiger partial charge on any atom is -0.443 e. The van der Waals surface area contributed by atoms with E-state index >= 15 is 0 Å². The first-order chi connectivity index (χ1) is 58.0. The number of morpholine rings is 3. The summed E-state index contributed by atoms with van der Waals surface area (Å²) >= 11 is 5.23. The van der Waals surface area contributed by atoms with Crippen LogP contribution in [0.1, 0.15) is 159 Å². The summed E-state index contributed by atoms with van der Waals surface area (Å²) in [6, 6.07) is 17.7. The molecule has 692 valence electrons. The number of nitrogens with two attached hydrogens (primary N) is 2. The molecule has 0 spiro atoms. The number of halogens is 24. The molecule has 0 aliphatic carbocycles. The number of ether oxygens (including phenoxy) is 7. The van der Waals surface area contributed by atoms with Crippen LogP contribution in [0, 0.1) is 24.3 Å². The molecule has 0 saturated carbocycles. The Bertz CT molecular complexity index is 4550. The monoisotopic (exact) mass is 1900 g/mol. The van der Waals surface area contributed by atoms with E-state index in [1.54, 1.807) is 25.7 Å². The van der Waals surface area contributed by atoms with Crippen LogP contribution in [-0.4, -0.2) is 134 Å². The standard InChI is InChI=1S/C27H31F7N4O4.C24H22F7N3O3.C20H18F7NO2.C4H8ClN3O.C2H2FO3.ClH.2Na/c1-15(17-11-18(26(29,30)31)13-19(12-17)27(32,33)34)41-23-22(16-5-7-20(28)8-6-16)38(9-10-40-23)14-21(35)36-37-24(39)42-25(2,3)4;1-13(15-8-16(23(26,27)28)10-17(9-15)24(29,30)31)37-22-21(14-2-4-18(25)5-3-14)34(6-7-36-22)12-19-11-20(35)33-32-19;1-11(13-8-14(19(22,23)24)10-15(9-13)20(25,26)27)30-18-17(28-6-7-29-18)12-2-4-16(21)5-3-12;1-3(9)7-8-4(6)2-5;3-1-5-6-2-4;;;/h5-8,11-13,15,22-23H,9-10,14H2,1-4H3,(H2,35,36)(H,37,39);2-5,8-10,13,21-22H,6-7,11-12H2,1H3,(H,33,35);2-5,8-11,17-18,28H,6-7H2,1H3;2H2,1H3,(H2,6,8)(H,7,9);1-2H;1H;;/q;;;;-1;;2*+1/t15-,22+,23-;13-,21+,22-;11-,17?,18-;;;;;/m111...../s1/i;;;;2D;;;. The molecule has 4 heterocycles. The molecule has 6 aromatic rings. The second-order valence-electron chi connectivity index (χ2n) is 27.9. The third-order valence-electron chi connectivity index (χ3n) is 17.3.